The van der Waals surface area contributed by atoms with Gasteiger partial charge in [0, 0.05) is 59.2 Å². The van der Waals surface area contributed by atoms with Crippen LogP contribution in [-0.4, -0.2) is 18.9 Å². The van der Waals surface area contributed by atoms with Crippen LogP contribution in [0.1, 0.15) is 0 Å². The van der Waals surface area contributed by atoms with Gasteiger partial charge in [-0.1, -0.05) is 121 Å². The molecular formula is C50H28N4S. The van der Waals surface area contributed by atoms with Gasteiger partial charge in [-0.25, -0.2) is 9.97 Å². The first-order valence-electron chi connectivity index (χ1n) is 18.7. The Hall–Kier alpha value is -7.08. The second-order valence-corrected chi connectivity index (χ2v) is 15.6. The van der Waals surface area contributed by atoms with E-state index in [1.807, 2.05) is 18.2 Å². The van der Waals surface area contributed by atoms with Crippen molar-refractivity contribution in [1.82, 2.24) is 18.9 Å². The number of rotatable bonds is 3. The van der Waals surface area contributed by atoms with Crippen LogP contribution in [0.15, 0.2) is 170 Å². The minimum atomic E-state index is 0.743. The van der Waals surface area contributed by atoms with E-state index in [-0.39, 0.29) is 0 Å². The van der Waals surface area contributed by atoms with Crippen molar-refractivity contribution in [3.63, 3.8) is 0 Å². The second kappa shape index (κ2) is 10.8. The van der Waals surface area contributed by atoms with Crippen molar-refractivity contribution in [3.05, 3.63) is 170 Å². The molecule has 5 heterocycles. The van der Waals surface area contributed by atoms with E-state index < -0.39 is 0 Å². The lowest BCUT2D eigenvalue weighted by Gasteiger charge is -2.11. The molecule has 0 aliphatic rings. The number of nitrogens with zero attached hydrogens (tertiary/aromatic N) is 4. The van der Waals surface area contributed by atoms with Crippen LogP contribution in [-0.2, 0) is 0 Å². The zero-order chi connectivity index (χ0) is 35.8. The maximum Gasteiger partial charge on any atom is 0.160 e. The molecule has 0 amide bonds. The zero-order valence-corrected chi connectivity index (χ0v) is 30.2. The van der Waals surface area contributed by atoms with Gasteiger partial charge in [-0.15, -0.1) is 11.3 Å². The van der Waals surface area contributed by atoms with Crippen LogP contribution >= 0.6 is 11.3 Å². The SMILES string of the molecule is c1ccc(-c2nc(-c3ccc(-n4c5ccccc5c5cc6c7cc8ccccc8cc7n7c8ccccc8c(c54)c67)cc3)c3sc4ccccc4c3n2)cc1. The quantitative estimate of drug-likeness (QED) is 0.182. The lowest BCUT2D eigenvalue weighted by molar-refractivity contribution is 1.18. The van der Waals surface area contributed by atoms with Crippen molar-refractivity contribution in [2.45, 2.75) is 0 Å². The highest BCUT2D eigenvalue weighted by atomic mass is 32.1. The lowest BCUT2D eigenvalue weighted by atomic mass is 10.0. The third kappa shape index (κ3) is 3.94. The highest BCUT2D eigenvalue weighted by Crippen LogP contribution is 2.47. The summed E-state index contributed by atoms with van der Waals surface area (Å²) in [6.45, 7) is 0. The van der Waals surface area contributed by atoms with E-state index in [2.05, 4.69) is 161 Å². The summed E-state index contributed by atoms with van der Waals surface area (Å²) < 4.78 is 7.31. The molecule has 0 N–H and O–H groups in total. The summed E-state index contributed by atoms with van der Waals surface area (Å²) in [6.07, 6.45) is 0. The summed E-state index contributed by atoms with van der Waals surface area (Å²) in [4.78, 5) is 10.4. The number of benzene rings is 8. The van der Waals surface area contributed by atoms with Crippen molar-refractivity contribution < 1.29 is 0 Å². The Labute approximate surface area is 318 Å². The first kappa shape index (κ1) is 29.4. The third-order valence-electron chi connectivity index (χ3n) is 11.6. The third-order valence-corrected chi connectivity index (χ3v) is 12.8. The van der Waals surface area contributed by atoms with Gasteiger partial charge < -0.3 is 8.97 Å². The molecule has 5 heteroatoms. The van der Waals surface area contributed by atoms with Gasteiger partial charge in [-0.05, 0) is 59.3 Å². The summed E-state index contributed by atoms with van der Waals surface area (Å²) in [5.41, 5.74) is 11.4. The Morgan fingerprint density at radius 2 is 1.11 bits per heavy atom. The maximum atomic E-state index is 5.25. The Balaban J connectivity index is 1.10. The van der Waals surface area contributed by atoms with E-state index in [0.29, 0.717) is 0 Å². The lowest BCUT2D eigenvalue weighted by Crippen LogP contribution is -1.96. The van der Waals surface area contributed by atoms with Crippen molar-refractivity contribution in [2.75, 3.05) is 0 Å². The molecule has 0 unspecified atom stereocenters. The fraction of sp³-hybridized carbons (Fsp3) is 0. The fourth-order valence-corrected chi connectivity index (χ4v) is 10.4. The monoisotopic (exact) mass is 716 g/mol. The zero-order valence-electron chi connectivity index (χ0n) is 29.4. The van der Waals surface area contributed by atoms with Gasteiger partial charge >= 0.3 is 0 Å². The molecule has 254 valence electrons. The predicted octanol–water partition coefficient (Wildman–Crippen LogP) is 13.6. The molecule has 5 aromatic heterocycles. The van der Waals surface area contributed by atoms with Crippen LogP contribution in [0, 0.1) is 0 Å². The fourth-order valence-electron chi connectivity index (χ4n) is 9.23. The Morgan fingerprint density at radius 1 is 0.436 bits per heavy atom. The van der Waals surface area contributed by atoms with E-state index in [1.54, 1.807) is 11.3 Å². The summed E-state index contributed by atoms with van der Waals surface area (Å²) in [5.74, 6) is 0.743. The average Bonchev–Trinajstić information content (AvgIpc) is 3.98. The summed E-state index contributed by atoms with van der Waals surface area (Å²) in [6, 6.07) is 61.6. The van der Waals surface area contributed by atoms with Gasteiger partial charge in [0.15, 0.2) is 5.82 Å². The smallest absolute Gasteiger partial charge is 0.160 e. The van der Waals surface area contributed by atoms with Crippen LogP contribution in [0.2, 0.25) is 0 Å². The molecule has 0 saturated carbocycles. The van der Waals surface area contributed by atoms with Gasteiger partial charge in [0.05, 0.1) is 43.5 Å². The largest absolute Gasteiger partial charge is 0.309 e. The molecule has 0 atom stereocenters. The maximum absolute atomic E-state index is 5.25. The minimum Gasteiger partial charge on any atom is -0.309 e. The first-order valence-corrected chi connectivity index (χ1v) is 19.5. The Morgan fingerprint density at radius 3 is 1.95 bits per heavy atom. The number of aromatic nitrogens is 4. The number of para-hydroxylation sites is 2. The van der Waals surface area contributed by atoms with Crippen molar-refractivity contribution in [3.8, 4) is 28.3 Å². The molecule has 13 rings (SSSR count). The highest BCUT2D eigenvalue weighted by molar-refractivity contribution is 7.26. The number of hydrogen-bond donors (Lipinski definition) is 0. The van der Waals surface area contributed by atoms with Crippen LogP contribution < -0.4 is 0 Å². The minimum absolute atomic E-state index is 0.743. The van der Waals surface area contributed by atoms with Crippen molar-refractivity contribution in [1.29, 1.82) is 0 Å². The molecule has 0 fully saturated rings. The van der Waals surface area contributed by atoms with E-state index in [9.17, 15) is 0 Å². The van der Waals surface area contributed by atoms with E-state index >= 15 is 0 Å². The molecule has 0 aliphatic heterocycles. The molecule has 0 spiro atoms. The van der Waals surface area contributed by atoms with E-state index in [4.69, 9.17) is 9.97 Å². The van der Waals surface area contributed by atoms with Crippen LogP contribution in [0.25, 0.3) is 119 Å². The van der Waals surface area contributed by atoms with Gasteiger partial charge in [0.1, 0.15) is 0 Å². The number of fused-ring (bicyclic) bond motifs is 14. The van der Waals surface area contributed by atoms with Gasteiger partial charge in [0.2, 0.25) is 0 Å². The molecule has 4 nitrogen and oxygen atoms in total. The highest BCUT2D eigenvalue weighted by Gasteiger charge is 2.25. The molecule has 0 saturated heterocycles. The Bertz CT molecular complexity index is 3700. The summed E-state index contributed by atoms with van der Waals surface area (Å²) in [7, 11) is 0. The molecule has 0 aliphatic carbocycles. The first-order chi connectivity index (χ1) is 27.3. The van der Waals surface area contributed by atoms with E-state index in [1.165, 1.54) is 80.8 Å². The summed E-state index contributed by atoms with van der Waals surface area (Å²) >= 11 is 1.77. The summed E-state index contributed by atoms with van der Waals surface area (Å²) in [5, 5.41) is 11.3. The van der Waals surface area contributed by atoms with E-state index in [0.717, 1.165) is 38.5 Å². The van der Waals surface area contributed by atoms with Crippen LogP contribution in [0.3, 0.4) is 0 Å². The second-order valence-electron chi connectivity index (χ2n) is 14.6. The normalized spacial score (nSPS) is 12.4. The number of thiophene rings is 1. The van der Waals surface area contributed by atoms with Gasteiger partial charge in [0.25, 0.3) is 0 Å². The van der Waals surface area contributed by atoms with Crippen molar-refractivity contribution in [2.24, 2.45) is 0 Å². The van der Waals surface area contributed by atoms with Gasteiger partial charge in [-0.3, -0.25) is 0 Å². The topological polar surface area (TPSA) is 35.1 Å². The molecule has 13 aromatic rings. The molecule has 0 radical (unpaired) electrons. The number of hydrogen-bond acceptors (Lipinski definition) is 3. The van der Waals surface area contributed by atoms with Crippen LogP contribution in [0.4, 0.5) is 0 Å². The molecule has 55 heavy (non-hydrogen) atoms. The molecular weight excluding hydrogens is 689 g/mol. The molecule has 8 aromatic carbocycles. The average molecular weight is 717 g/mol. The van der Waals surface area contributed by atoms with Crippen LogP contribution in [0.5, 0.6) is 0 Å². The molecule has 0 bridgehead atoms. The standard InChI is InChI=1S/C50H28N4S/c1-2-12-30(13-3-1)50-51-45(49-46(52-50)36-18-8-11-21-43(36)55-49)29-22-24-33(25-23-29)53-40-19-9-6-16-34(40)38-28-39-37-26-31-14-4-5-15-32(31)27-42(37)54-41-20-10-7-17-35(41)44(47(38)53)48(39)54/h1-28H. The van der Waals surface area contributed by atoms with Crippen molar-refractivity contribution >= 4 is 102 Å². The Kier molecular flexibility index (Phi) is 5.74. The van der Waals surface area contributed by atoms with Gasteiger partial charge in [-0.2, -0.15) is 0 Å². The predicted molar refractivity (Wildman–Crippen MR) is 232 cm³/mol.